The number of aryl methyl sites for hydroxylation is 1. The van der Waals surface area contributed by atoms with E-state index in [0.29, 0.717) is 16.2 Å². The van der Waals surface area contributed by atoms with Gasteiger partial charge in [0, 0.05) is 5.02 Å². The molecule has 2 aromatic carbocycles. The van der Waals surface area contributed by atoms with Gasteiger partial charge in [0.1, 0.15) is 5.82 Å². The van der Waals surface area contributed by atoms with Crippen molar-refractivity contribution >= 4 is 28.5 Å². The molecule has 1 unspecified atom stereocenters. The average Bonchev–Trinajstić information content (AvgIpc) is 3.21. The fourth-order valence-electron chi connectivity index (χ4n) is 3.32. The number of aromatic amines is 1. The molecule has 0 bridgehead atoms. The van der Waals surface area contributed by atoms with Gasteiger partial charge in [-0.25, -0.2) is 9.67 Å². The zero-order valence-electron chi connectivity index (χ0n) is 15.0. The van der Waals surface area contributed by atoms with E-state index in [1.54, 1.807) is 36.4 Å². The number of imidazole rings is 1. The van der Waals surface area contributed by atoms with Crippen LogP contribution in [0.15, 0.2) is 48.5 Å². The largest absolute Gasteiger partial charge is 0.429 e. The summed E-state index contributed by atoms with van der Waals surface area (Å²) in [6.45, 7) is 1.34. The topological polar surface area (TPSA) is 92.8 Å². The van der Waals surface area contributed by atoms with Crippen LogP contribution in [0.3, 0.4) is 0 Å². The summed E-state index contributed by atoms with van der Waals surface area (Å²) in [6.07, 6.45) is -5.12. The molecule has 150 valence electrons. The van der Waals surface area contributed by atoms with Gasteiger partial charge >= 0.3 is 6.18 Å². The highest BCUT2D eigenvalue weighted by molar-refractivity contribution is 6.30. The van der Waals surface area contributed by atoms with E-state index in [2.05, 4.69) is 15.1 Å². The maximum atomic E-state index is 14.2. The highest BCUT2D eigenvalue weighted by Crippen LogP contribution is 2.47. The highest BCUT2D eigenvalue weighted by atomic mass is 35.5. The van der Waals surface area contributed by atoms with Crippen molar-refractivity contribution in [2.45, 2.75) is 18.7 Å². The van der Waals surface area contributed by atoms with Gasteiger partial charge in [-0.2, -0.15) is 18.3 Å². The molecule has 0 aliphatic heterocycles. The van der Waals surface area contributed by atoms with Crippen LogP contribution in [0.5, 0.6) is 0 Å². The van der Waals surface area contributed by atoms with Gasteiger partial charge in [0.25, 0.3) is 0 Å². The lowest BCUT2D eigenvalue weighted by Crippen LogP contribution is -2.45. The van der Waals surface area contributed by atoms with Gasteiger partial charge < -0.3 is 15.8 Å². The molecule has 10 heteroatoms. The second-order valence-electron chi connectivity index (χ2n) is 6.55. The number of H-pyrrole nitrogens is 1. The molecule has 1 atom stereocenters. The summed E-state index contributed by atoms with van der Waals surface area (Å²) in [5.74, 6) is -1.06. The van der Waals surface area contributed by atoms with Crippen LogP contribution in [-0.4, -0.2) is 31.0 Å². The highest BCUT2D eigenvalue weighted by Gasteiger charge is 2.61. The Balaban J connectivity index is 1.98. The fourth-order valence-corrected chi connectivity index (χ4v) is 3.50. The van der Waals surface area contributed by atoms with Gasteiger partial charge in [0.05, 0.1) is 28.0 Å². The van der Waals surface area contributed by atoms with Crippen molar-refractivity contribution in [3.8, 4) is 5.69 Å². The second-order valence-corrected chi connectivity index (χ2v) is 6.98. The predicted octanol–water partition coefficient (Wildman–Crippen LogP) is 4.09. The van der Waals surface area contributed by atoms with Gasteiger partial charge in [-0.3, -0.25) is 0 Å². The molecule has 4 aromatic rings. The van der Waals surface area contributed by atoms with Crippen LogP contribution < -0.4 is 5.73 Å². The molecular weight excluding hydrogens is 407 g/mol. The predicted molar refractivity (Wildman–Crippen MR) is 103 cm³/mol. The number of anilines is 1. The molecule has 4 rings (SSSR count). The van der Waals surface area contributed by atoms with Crippen LogP contribution in [0.1, 0.15) is 17.1 Å². The summed E-state index contributed by atoms with van der Waals surface area (Å²) in [5, 5.41) is 15.5. The average molecular weight is 422 g/mol. The van der Waals surface area contributed by atoms with Crippen molar-refractivity contribution in [1.82, 2.24) is 19.7 Å². The Hall–Kier alpha value is -3.04. The summed E-state index contributed by atoms with van der Waals surface area (Å²) in [5.41, 5.74) is 2.87. The third-order valence-corrected chi connectivity index (χ3v) is 4.89. The van der Waals surface area contributed by atoms with E-state index in [0.717, 1.165) is 4.68 Å². The molecule has 0 spiro atoms. The summed E-state index contributed by atoms with van der Waals surface area (Å²) in [6, 6.07) is 12.7. The third kappa shape index (κ3) is 2.93. The van der Waals surface area contributed by atoms with Gasteiger partial charge in [0.2, 0.25) is 5.60 Å². The van der Waals surface area contributed by atoms with Crippen LogP contribution in [0.4, 0.5) is 19.0 Å². The molecule has 0 saturated heterocycles. The van der Waals surface area contributed by atoms with E-state index in [1.807, 2.05) is 0 Å². The number of nitrogens with one attached hydrogen (secondary N) is 1. The first-order valence-electron chi connectivity index (χ1n) is 8.48. The number of nitrogens with two attached hydrogens (primary N) is 1. The minimum atomic E-state index is -5.12. The van der Waals surface area contributed by atoms with E-state index in [1.165, 1.54) is 19.1 Å². The number of alkyl halides is 3. The van der Waals surface area contributed by atoms with Crippen molar-refractivity contribution < 1.29 is 18.3 Å². The monoisotopic (exact) mass is 421 g/mol. The third-order valence-electron chi connectivity index (χ3n) is 4.65. The lowest BCUT2D eigenvalue weighted by molar-refractivity contribution is -0.250. The summed E-state index contributed by atoms with van der Waals surface area (Å²) in [7, 11) is 0. The number of fused-ring (bicyclic) bond motifs is 1. The fraction of sp³-hybridized carbons (Fsp3) is 0.158. The molecule has 0 fully saturated rings. The number of rotatable bonds is 3. The standard InChI is InChI=1S/C19H15ClF3N5O/c1-10-15(16(24)28(27-10)12-6-4-5-11(20)9-12)18(29,19(21,22)23)17-25-13-7-2-3-8-14(13)26-17/h2-9,29H,24H2,1H3,(H,25,26). The normalized spacial score (nSPS) is 14.3. The molecule has 0 amide bonds. The van der Waals surface area contributed by atoms with Crippen molar-refractivity contribution in [1.29, 1.82) is 0 Å². The maximum Gasteiger partial charge on any atom is 0.429 e. The van der Waals surface area contributed by atoms with Crippen LogP contribution in [0.2, 0.25) is 5.02 Å². The molecule has 2 aromatic heterocycles. The zero-order valence-corrected chi connectivity index (χ0v) is 15.8. The van der Waals surface area contributed by atoms with E-state index in [4.69, 9.17) is 17.3 Å². The minimum Gasteiger partial charge on any atom is -0.383 e. The number of para-hydroxylation sites is 2. The van der Waals surface area contributed by atoms with Crippen LogP contribution in [0.25, 0.3) is 16.7 Å². The summed E-state index contributed by atoms with van der Waals surface area (Å²) in [4.78, 5) is 6.53. The van der Waals surface area contributed by atoms with Crippen molar-refractivity contribution in [3.63, 3.8) is 0 Å². The van der Waals surface area contributed by atoms with Crippen LogP contribution in [0, 0.1) is 6.92 Å². The molecule has 0 aliphatic carbocycles. The number of nitrogen functional groups attached to an aromatic ring is 1. The molecule has 4 N–H and O–H groups in total. The lowest BCUT2D eigenvalue weighted by atomic mass is 9.91. The molecule has 2 heterocycles. The van der Waals surface area contributed by atoms with Crippen molar-refractivity contribution in [2.24, 2.45) is 0 Å². The Morgan fingerprint density at radius 3 is 2.52 bits per heavy atom. The quantitative estimate of drug-likeness (QED) is 0.464. The number of benzene rings is 2. The molecule has 0 saturated carbocycles. The minimum absolute atomic E-state index is 0.0947. The number of hydrogen-bond donors (Lipinski definition) is 3. The first-order valence-corrected chi connectivity index (χ1v) is 8.86. The maximum absolute atomic E-state index is 14.2. The second kappa shape index (κ2) is 6.50. The summed E-state index contributed by atoms with van der Waals surface area (Å²) >= 11 is 5.97. The van der Waals surface area contributed by atoms with Crippen LogP contribution >= 0.6 is 11.6 Å². The molecule has 6 nitrogen and oxygen atoms in total. The molecule has 0 radical (unpaired) electrons. The molecule has 0 aliphatic rings. The van der Waals surface area contributed by atoms with Gasteiger partial charge in [-0.1, -0.05) is 29.8 Å². The first-order chi connectivity index (χ1) is 13.6. The smallest absolute Gasteiger partial charge is 0.383 e. The van der Waals surface area contributed by atoms with Gasteiger partial charge in [-0.05, 0) is 37.3 Å². The van der Waals surface area contributed by atoms with Crippen molar-refractivity contribution in [3.05, 3.63) is 70.6 Å². The van der Waals surface area contributed by atoms with E-state index < -0.39 is 23.2 Å². The van der Waals surface area contributed by atoms with Crippen LogP contribution in [-0.2, 0) is 5.60 Å². The molecular formula is C19H15ClF3N5O. The number of hydrogen-bond acceptors (Lipinski definition) is 4. The zero-order chi connectivity index (χ0) is 21.0. The van der Waals surface area contributed by atoms with E-state index in [-0.39, 0.29) is 17.0 Å². The van der Waals surface area contributed by atoms with Gasteiger partial charge in [0.15, 0.2) is 5.82 Å². The number of nitrogens with zero attached hydrogens (tertiary/aromatic N) is 3. The lowest BCUT2D eigenvalue weighted by Gasteiger charge is -2.29. The number of aromatic nitrogens is 4. The van der Waals surface area contributed by atoms with Gasteiger partial charge in [-0.15, -0.1) is 0 Å². The van der Waals surface area contributed by atoms with Crippen molar-refractivity contribution in [2.75, 3.05) is 5.73 Å². The molecule has 29 heavy (non-hydrogen) atoms. The van der Waals surface area contributed by atoms with E-state index >= 15 is 0 Å². The SMILES string of the molecule is Cc1nn(-c2cccc(Cl)c2)c(N)c1C(O)(c1nc2ccccc2[nH]1)C(F)(F)F. The Morgan fingerprint density at radius 1 is 1.14 bits per heavy atom. The first kappa shape index (κ1) is 19.3. The Kier molecular flexibility index (Phi) is 4.32. The Morgan fingerprint density at radius 2 is 1.86 bits per heavy atom. The number of aliphatic hydroxyl groups is 1. The Labute approximate surface area is 167 Å². The summed E-state index contributed by atoms with van der Waals surface area (Å²) < 4.78 is 43.8. The number of halogens is 4. The Bertz CT molecular complexity index is 1180. The van der Waals surface area contributed by atoms with E-state index in [9.17, 15) is 18.3 Å².